The summed E-state index contributed by atoms with van der Waals surface area (Å²) in [5, 5.41) is 50.0. The molecule has 0 saturated heterocycles. The van der Waals surface area contributed by atoms with E-state index in [4.69, 9.17) is 35.4 Å². The minimum Gasteiger partial charge on any atom is -0.481 e. The summed E-state index contributed by atoms with van der Waals surface area (Å²) >= 11 is 0. The molecule has 0 rings (SSSR count). The average Bonchev–Trinajstić information content (AvgIpc) is 2.13. The highest BCUT2D eigenvalue weighted by atomic mass is 16.4. The van der Waals surface area contributed by atoms with Gasteiger partial charge in [-0.25, -0.2) is 0 Å². The van der Waals surface area contributed by atoms with Crippen molar-refractivity contribution in [1.29, 1.82) is 0 Å². The van der Waals surface area contributed by atoms with E-state index >= 15 is 0 Å². The number of carboxylic acids is 1. The van der Waals surface area contributed by atoms with Gasteiger partial charge in [-0.05, 0) is 0 Å². The number of hydrogen-bond acceptors (Lipinski definition) is 6. The van der Waals surface area contributed by atoms with Gasteiger partial charge in [-0.15, -0.1) is 0 Å². The van der Waals surface area contributed by atoms with Gasteiger partial charge in [0, 0.05) is 6.92 Å². The molecule has 0 aromatic heterocycles. The molecule has 0 aliphatic carbocycles. The molecule has 0 aromatic carbocycles. The molecule has 0 saturated carbocycles. The molecule has 0 amide bonds. The highest BCUT2D eigenvalue weighted by Crippen LogP contribution is 1.97. The van der Waals surface area contributed by atoms with Crippen LogP contribution in [0.5, 0.6) is 0 Å². The second kappa shape index (κ2) is 8.85. The largest absolute Gasteiger partial charge is 0.481 e. The van der Waals surface area contributed by atoms with Crippen LogP contribution in [0.1, 0.15) is 6.92 Å². The topological polar surface area (TPSA) is 138 Å². The Kier molecular flexibility index (Phi) is 9.94. The smallest absolute Gasteiger partial charge is 0.300 e. The molecule has 6 N–H and O–H groups in total. The van der Waals surface area contributed by atoms with Crippen LogP contribution in [-0.4, -0.2) is 68.1 Å². The summed E-state index contributed by atoms with van der Waals surface area (Å²) in [6.07, 6.45) is -4.29. The van der Waals surface area contributed by atoms with Gasteiger partial charge in [0.25, 0.3) is 5.97 Å². The molecule has 14 heavy (non-hydrogen) atoms. The molecule has 0 spiro atoms. The van der Waals surface area contributed by atoms with Crippen molar-refractivity contribution in [1.82, 2.24) is 0 Å². The Balaban J connectivity index is 0. The van der Waals surface area contributed by atoms with E-state index < -0.39 is 37.5 Å². The monoisotopic (exact) mass is 212 g/mol. The van der Waals surface area contributed by atoms with Gasteiger partial charge in [0.15, 0.2) is 0 Å². The molecular weight excluding hydrogens is 196 g/mol. The molecule has 7 nitrogen and oxygen atoms in total. The van der Waals surface area contributed by atoms with Crippen LogP contribution in [0, 0.1) is 0 Å². The molecule has 3 atom stereocenters. The highest BCUT2D eigenvalue weighted by molar-refractivity contribution is 5.62. The first-order chi connectivity index (χ1) is 6.36. The normalized spacial score (nSPS) is 16.1. The number of aliphatic hydroxyl groups is 5. The molecule has 0 heterocycles. The second-order valence-electron chi connectivity index (χ2n) is 2.51. The summed E-state index contributed by atoms with van der Waals surface area (Å²) in [5.41, 5.74) is 0. The second-order valence-corrected chi connectivity index (χ2v) is 2.51. The highest BCUT2D eigenvalue weighted by Gasteiger charge is 2.22. The minimum atomic E-state index is -1.49. The molecule has 1 unspecified atom stereocenters. The summed E-state index contributed by atoms with van der Waals surface area (Å²) < 4.78 is 0. The fraction of sp³-hybridized carbons (Fsp3) is 0.857. The predicted octanol–water partition coefficient (Wildman–Crippen LogP) is -2.86. The molecule has 86 valence electrons. The van der Waals surface area contributed by atoms with Crippen molar-refractivity contribution >= 4 is 5.97 Å². The SMILES string of the molecule is CC(=O)O.OC[C@@H](O)C(O)[C@@H](O)CO. The Bertz CT molecular complexity index is 135. The Morgan fingerprint density at radius 1 is 1.07 bits per heavy atom. The van der Waals surface area contributed by atoms with Crippen LogP contribution >= 0.6 is 0 Å². The van der Waals surface area contributed by atoms with Gasteiger partial charge in [-0.2, -0.15) is 0 Å². The number of carbonyl (C=O) groups is 1. The van der Waals surface area contributed by atoms with Crippen molar-refractivity contribution in [2.75, 3.05) is 13.2 Å². The maximum Gasteiger partial charge on any atom is 0.300 e. The van der Waals surface area contributed by atoms with E-state index in [0.717, 1.165) is 6.92 Å². The third-order valence-corrected chi connectivity index (χ3v) is 1.16. The average molecular weight is 212 g/mol. The first kappa shape index (κ1) is 15.7. The van der Waals surface area contributed by atoms with Gasteiger partial charge in [0.2, 0.25) is 0 Å². The van der Waals surface area contributed by atoms with Crippen molar-refractivity contribution in [3.63, 3.8) is 0 Å². The molecule has 0 fully saturated rings. The van der Waals surface area contributed by atoms with Crippen LogP contribution in [0.2, 0.25) is 0 Å². The fourth-order valence-electron chi connectivity index (χ4n) is 0.472. The van der Waals surface area contributed by atoms with E-state index in [2.05, 4.69) is 0 Å². The lowest BCUT2D eigenvalue weighted by atomic mass is 10.1. The maximum atomic E-state index is 9.00. The third-order valence-electron chi connectivity index (χ3n) is 1.16. The molecule has 0 aliphatic heterocycles. The van der Waals surface area contributed by atoms with Crippen LogP contribution in [0.15, 0.2) is 0 Å². The summed E-state index contributed by atoms with van der Waals surface area (Å²) in [7, 11) is 0. The Labute approximate surface area is 80.9 Å². The van der Waals surface area contributed by atoms with Crippen molar-refractivity contribution in [3.8, 4) is 0 Å². The van der Waals surface area contributed by atoms with Gasteiger partial charge < -0.3 is 30.6 Å². The van der Waals surface area contributed by atoms with E-state index in [0.29, 0.717) is 0 Å². The minimum absolute atomic E-state index is 0.641. The molecule has 0 radical (unpaired) electrons. The Morgan fingerprint density at radius 2 is 1.29 bits per heavy atom. The van der Waals surface area contributed by atoms with Crippen molar-refractivity contribution in [2.45, 2.75) is 25.2 Å². The first-order valence-corrected chi connectivity index (χ1v) is 3.82. The molecular formula is C7H16O7. The van der Waals surface area contributed by atoms with E-state index in [1.165, 1.54) is 0 Å². The Morgan fingerprint density at radius 3 is 1.43 bits per heavy atom. The van der Waals surface area contributed by atoms with Crippen molar-refractivity contribution in [2.24, 2.45) is 0 Å². The van der Waals surface area contributed by atoms with Crippen LogP contribution < -0.4 is 0 Å². The van der Waals surface area contributed by atoms with Gasteiger partial charge in [-0.3, -0.25) is 4.79 Å². The number of carboxylic acid groups (broad SMARTS) is 1. The van der Waals surface area contributed by atoms with Crippen LogP contribution in [0.25, 0.3) is 0 Å². The quantitative estimate of drug-likeness (QED) is 0.295. The first-order valence-electron chi connectivity index (χ1n) is 3.82. The summed E-state index contributed by atoms with van der Waals surface area (Å²) in [6, 6.07) is 0. The fourth-order valence-corrected chi connectivity index (χ4v) is 0.472. The van der Waals surface area contributed by atoms with Crippen molar-refractivity contribution < 1.29 is 35.4 Å². The zero-order valence-corrected chi connectivity index (χ0v) is 7.74. The molecule has 0 aliphatic rings. The summed E-state index contributed by atoms with van der Waals surface area (Å²) in [5.74, 6) is -0.833. The lowest BCUT2D eigenvalue weighted by Gasteiger charge is -2.19. The van der Waals surface area contributed by atoms with Crippen LogP contribution in [-0.2, 0) is 4.79 Å². The van der Waals surface area contributed by atoms with Gasteiger partial charge in [0.05, 0.1) is 13.2 Å². The lowest BCUT2D eigenvalue weighted by Crippen LogP contribution is -2.41. The summed E-state index contributed by atoms with van der Waals surface area (Å²) in [4.78, 5) is 9.00. The zero-order chi connectivity index (χ0) is 11.7. The van der Waals surface area contributed by atoms with Gasteiger partial charge in [0.1, 0.15) is 18.3 Å². The molecule has 0 bridgehead atoms. The number of rotatable bonds is 4. The zero-order valence-electron chi connectivity index (χ0n) is 7.74. The van der Waals surface area contributed by atoms with E-state index in [1.807, 2.05) is 0 Å². The third kappa shape index (κ3) is 9.36. The van der Waals surface area contributed by atoms with E-state index in [1.54, 1.807) is 0 Å². The molecule has 7 heteroatoms. The van der Waals surface area contributed by atoms with Crippen LogP contribution in [0.4, 0.5) is 0 Å². The number of aliphatic hydroxyl groups excluding tert-OH is 5. The number of aliphatic carboxylic acids is 1. The van der Waals surface area contributed by atoms with E-state index in [-0.39, 0.29) is 0 Å². The number of hydrogen-bond donors (Lipinski definition) is 6. The standard InChI is InChI=1S/C5H12O5.C2H4O2/c6-1-3(8)5(10)4(9)2-7;1-2(3)4/h3-10H,1-2H2;1H3,(H,3,4)/t3-,4+,5?;. The van der Waals surface area contributed by atoms with Gasteiger partial charge in [-0.1, -0.05) is 0 Å². The van der Waals surface area contributed by atoms with Crippen LogP contribution in [0.3, 0.4) is 0 Å². The van der Waals surface area contributed by atoms with Crippen molar-refractivity contribution in [3.05, 3.63) is 0 Å². The summed E-state index contributed by atoms with van der Waals surface area (Å²) in [6.45, 7) is -0.198. The predicted molar refractivity (Wildman–Crippen MR) is 45.5 cm³/mol. The van der Waals surface area contributed by atoms with Gasteiger partial charge >= 0.3 is 0 Å². The molecule has 0 aromatic rings. The lowest BCUT2D eigenvalue weighted by molar-refractivity contribution is -0.134. The Hall–Kier alpha value is -0.730. The maximum absolute atomic E-state index is 9.00. The van der Waals surface area contributed by atoms with E-state index in [9.17, 15) is 0 Å².